The molecular weight excluding hydrogens is 164 g/mol. The van der Waals surface area contributed by atoms with E-state index < -0.39 is 0 Å². The number of thioether (sulfide) groups is 2. The van der Waals surface area contributed by atoms with E-state index in [4.69, 9.17) is 5.11 Å². The summed E-state index contributed by atoms with van der Waals surface area (Å²) in [5, 5.41) is 10.6. The third-order valence-corrected chi connectivity index (χ3v) is 3.84. The Morgan fingerprint density at radius 2 is 2.00 bits per heavy atom. The SMILES string of the molecule is CCSCSC(C)C(C)O. The lowest BCUT2D eigenvalue weighted by Crippen LogP contribution is -2.15. The molecular formula is C7H16OS2. The van der Waals surface area contributed by atoms with Gasteiger partial charge in [0.15, 0.2) is 0 Å². The highest BCUT2D eigenvalue weighted by Crippen LogP contribution is 2.19. The summed E-state index contributed by atoms with van der Waals surface area (Å²) in [5.74, 6) is 1.17. The Kier molecular flexibility index (Phi) is 6.80. The van der Waals surface area contributed by atoms with Crippen LogP contribution in [0.2, 0.25) is 0 Å². The van der Waals surface area contributed by atoms with Gasteiger partial charge >= 0.3 is 0 Å². The maximum atomic E-state index is 9.09. The van der Waals surface area contributed by atoms with Crippen molar-refractivity contribution in [3.05, 3.63) is 0 Å². The predicted molar refractivity (Wildman–Crippen MR) is 51.7 cm³/mol. The minimum atomic E-state index is -0.178. The molecule has 1 nitrogen and oxygen atoms in total. The molecule has 10 heavy (non-hydrogen) atoms. The van der Waals surface area contributed by atoms with Crippen molar-refractivity contribution in [1.29, 1.82) is 0 Å². The molecule has 0 aliphatic heterocycles. The standard InChI is InChI=1S/C7H16OS2/c1-4-9-5-10-7(3)6(2)8/h6-8H,4-5H2,1-3H3. The maximum absolute atomic E-state index is 9.09. The average Bonchev–Trinajstić information content (AvgIpc) is 1.88. The van der Waals surface area contributed by atoms with Crippen LogP contribution in [0.1, 0.15) is 20.8 Å². The summed E-state index contributed by atoms with van der Waals surface area (Å²) >= 11 is 3.73. The molecule has 0 aliphatic carbocycles. The Balaban J connectivity index is 3.13. The first-order valence-corrected chi connectivity index (χ1v) is 5.76. The summed E-state index contributed by atoms with van der Waals surface area (Å²) in [7, 11) is 0. The number of aliphatic hydroxyl groups is 1. The van der Waals surface area contributed by atoms with E-state index in [2.05, 4.69) is 13.8 Å². The molecule has 0 aromatic rings. The molecule has 0 aromatic heterocycles. The minimum absolute atomic E-state index is 0.178. The Morgan fingerprint density at radius 1 is 1.40 bits per heavy atom. The van der Waals surface area contributed by atoms with Crippen LogP contribution in [-0.2, 0) is 0 Å². The first-order chi connectivity index (χ1) is 4.68. The highest BCUT2D eigenvalue weighted by molar-refractivity contribution is 8.16. The summed E-state index contributed by atoms with van der Waals surface area (Å²) < 4.78 is 0. The van der Waals surface area contributed by atoms with E-state index in [1.807, 2.05) is 30.4 Å². The van der Waals surface area contributed by atoms with Gasteiger partial charge in [-0.3, -0.25) is 0 Å². The maximum Gasteiger partial charge on any atom is 0.0628 e. The average molecular weight is 180 g/mol. The fourth-order valence-electron chi connectivity index (χ4n) is 0.378. The predicted octanol–water partition coefficient (Wildman–Crippen LogP) is 2.20. The quantitative estimate of drug-likeness (QED) is 0.517. The lowest BCUT2D eigenvalue weighted by molar-refractivity contribution is 0.196. The highest BCUT2D eigenvalue weighted by Gasteiger charge is 2.07. The van der Waals surface area contributed by atoms with Gasteiger partial charge in [-0.1, -0.05) is 13.8 Å². The Hall–Kier alpha value is 0.660. The van der Waals surface area contributed by atoms with E-state index in [1.54, 1.807) is 0 Å². The van der Waals surface area contributed by atoms with Crippen LogP contribution in [0.5, 0.6) is 0 Å². The van der Waals surface area contributed by atoms with E-state index in [-0.39, 0.29) is 6.10 Å². The van der Waals surface area contributed by atoms with Gasteiger partial charge in [-0.15, -0.1) is 11.8 Å². The summed E-state index contributed by atoms with van der Waals surface area (Å²) in [6.45, 7) is 6.05. The molecule has 2 unspecified atom stereocenters. The molecule has 2 atom stereocenters. The summed E-state index contributed by atoms with van der Waals surface area (Å²) in [6, 6.07) is 0. The van der Waals surface area contributed by atoms with Crippen molar-refractivity contribution in [2.24, 2.45) is 0 Å². The number of hydrogen-bond donors (Lipinski definition) is 1. The van der Waals surface area contributed by atoms with Crippen LogP contribution in [0.4, 0.5) is 0 Å². The topological polar surface area (TPSA) is 20.2 Å². The van der Waals surface area contributed by atoms with Crippen LogP contribution in [-0.4, -0.2) is 27.3 Å². The fourth-order valence-corrected chi connectivity index (χ4v) is 2.57. The summed E-state index contributed by atoms with van der Waals surface area (Å²) in [6.07, 6.45) is -0.178. The van der Waals surface area contributed by atoms with Crippen molar-refractivity contribution in [3.63, 3.8) is 0 Å². The van der Waals surface area contributed by atoms with E-state index in [1.165, 1.54) is 5.75 Å². The van der Waals surface area contributed by atoms with Gasteiger partial charge in [0.05, 0.1) is 6.10 Å². The normalized spacial score (nSPS) is 16.8. The zero-order valence-electron chi connectivity index (χ0n) is 6.83. The number of aliphatic hydroxyl groups excluding tert-OH is 1. The van der Waals surface area contributed by atoms with Crippen molar-refractivity contribution < 1.29 is 5.11 Å². The Morgan fingerprint density at radius 3 is 2.40 bits per heavy atom. The number of rotatable bonds is 5. The van der Waals surface area contributed by atoms with E-state index in [9.17, 15) is 0 Å². The van der Waals surface area contributed by atoms with Crippen molar-refractivity contribution in [2.45, 2.75) is 32.1 Å². The molecule has 0 saturated carbocycles. The first kappa shape index (κ1) is 10.7. The van der Waals surface area contributed by atoms with Gasteiger partial charge < -0.3 is 5.11 Å². The van der Waals surface area contributed by atoms with Crippen molar-refractivity contribution in [3.8, 4) is 0 Å². The van der Waals surface area contributed by atoms with Crippen LogP contribution in [0.25, 0.3) is 0 Å². The molecule has 0 heterocycles. The molecule has 0 rings (SSSR count). The molecule has 0 spiro atoms. The van der Waals surface area contributed by atoms with E-state index >= 15 is 0 Å². The largest absolute Gasteiger partial charge is 0.392 e. The molecule has 0 amide bonds. The third kappa shape index (κ3) is 5.45. The first-order valence-electron chi connectivity index (χ1n) is 3.56. The Labute approximate surface area is 72.0 Å². The van der Waals surface area contributed by atoms with Gasteiger partial charge in [-0.2, -0.15) is 11.8 Å². The second-order valence-corrected chi connectivity index (χ2v) is 5.23. The fraction of sp³-hybridized carbons (Fsp3) is 1.00. The van der Waals surface area contributed by atoms with Gasteiger partial charge in [0, 0.05) is 10.3 Å². The van der Waals surface area contributed by atoms with Crippen molar-refractivity contribution in [2.75, 3.05) is 10.8 Å². The molecule has 62 valence electrons. The number of hydrogen-bond acceptors (Lipinski definition) is 3. The molecule has 0 aromatic carbocycles. The smallest absolute Gasteiger partial charge is 0.0628 e. The monoisotopic (exact) mass is 180 g/mol. The van der Waals surface area contributed by atoms with Crippen LogP contribution in [0, 0.1) is 0 Å². The van der Waals surface area contributed by atoms with Crippen molar-refractivity contribution >= 4 is 23.5 Å². The van der Waals surface area contributed by atoms with Crippen LogP contribution in [0.3, 0.4) is 0 Å². The zero-order valence-corrected chi connectivity index (χ0v) is 8.47. The molecule has 0 radical (unpaired) electrons. The van der Waals surface area contributed by atoms with Gasteiger partial charge in [0.25, 0.3) is 0 Å². The zero-order chi connectivity index (χ0) is 7.98. The minimum Gasteiger partial charge on any atom is -0.392 e. The highest BCUT2D eigenvalue weighted by atomic mass is 32.2. The molecule has 0 aliphatic rings. The van der Waals surface area contributed by atoms with Crippen molar-refractivity contribution in [1.82, 2.24) is 0 Å². The van der Waals surface area contributed by atoms with E-state index in [0.717, 1.165) is 5.08 Å². The Bertz CT molecular complexity index is 76.0. The molecule has 0 saturated heterocycles. The van der Waals surface area contributed by atoms with Crippen LogP contribution >= 0.6 is 23.5 Å². The lowest BCUT2D eigenvalue weighted by Gasteiger charge is -2.12. The van der Waals surface area contributed by atoms with Gasteiger partial charge in [0.1, 0.15) is 0 Å². The molecule has 0 fully saturated rings. The summed E-state index contributed by atoms with van der Waals surface area (Å²) in [4.78, 5) is 0. The van der Waals surface area contributed by atoms with Gasteiger partial charge in [-0.25, -0.2) is 0 Å². The third-order valence-electron chi connectivity index (χ3n) is 1.30. The molecule has 0 bridgehead atoms. The van der Waals surface area contributed by atoms with Gasteiger partial charge in [0.2, 0.25) is 0 Å². The summed E-state index contributed by atoms with van der Waals surface area (Å²) in [5.41, 5.74) is 0. The van der Waals surface area contributed by atoms with Crippen LogP contribution < -0.4 is 0 Å². The lowest BCUT2D eigenvalue weighted by atomic mass is 10.3. The molecule has 1 N–H and O–H groups in total. The van der Waals surface area contributed by atoms with E-state index in [0.29, 0.717) is 5.25 Å². The molecule has 3 heteroatoms. The van der Waals surface area contributed by atoms with Crippen LogP contribution in [0.15, 0.2) is 0 Å². The van der Waals surface area contributed by atoms with Gasteiger partial charge in [-0.05, 0) is 12.7 Å². The second-order valence-electron chi connectivity index (χ2n) is 2.22. The second kappa shape index (κ2) is 6.38.